The van der Waals surface area contributed by atoms with Crippen LogP contribution in [-0.2, 0) is 6.54 Å². The average Bonchev–Trinajstić information content (AvgIpc) is 3.22. The Balaban J connectivity index is 1.81. The number of aliphatic hydroxyl groups is 1. The minimum Gasteiger partial charge on any atom is -0.496 e. The summed E-state index contributed by atoms with van der Waals surface area (Å²) in [5, 5.41) is 27.2. The fourth-order valence-electron chi connectivity index (χ4n) is 5.20. The van der Waals surface area contributed by atoms with Crippen molar-refractivity contribution in [3.05, 3.63) is 51.8 Å². The maximum Gasteiger partial charge on any atom is 0.320 e. The number of hydrogen-bond donors (Lipinski definition) is 1. The van der Waals surface area contributed by atoms with Gasteiger partial charge in [0.25, 0.3) is 5.91 Å². The van der Waals surface area contributed by atoms with E-state index in [1.807, 2.05) is 31.2 Å². The number of methoxy groups -OCH3 is 1. The molecule has 4 rings (SSSR count). The molecule has 31 heavy (non-hydrogen) atoms. The molecule has 2 aliphatic rings. The van der Waals surface area contributed by atoms with Crippen molar-refractivity contribution in [1.29, 1.82) is 0 Å². The summed E-state index contributed by atoms with van der Waals surface area (Å²) in [7, 11) is 1.58. The molecule has 0 unspecified atom stereocenters. The van der Waals surface area contributed by atoms with Gasteiger partial charge in [-0.15, -0.1) is 0 Å². The van der Waals surface area contributed by atoms with E-state index >= 15 is 0 Å². The minimum atomic E-state index is -0.866. The predicted molar refractivity (Wildman–Crippen MR) is 113 cm³/mol. The van der Waals surface area contributed by atoms with E-state index in [1.54, 1.807) is 12.0 Å². The van der Waals surface area contributed by atoms with Gasteiger partial charge in [-0.25, -0.2) is 0 Å². The number of likely N-dealkylation sites (tertiary alicyclic amines) is 1. The van der Waals surface area contributed by atoms with Crippen molar-refractivity contribution in [2.24, 2.45) is 5.92 Å². The fourth-order valence-corrected chi connectivity index (χ4v) is 5.20. The van der Waals surface area contributed by atoms with Crippen LogP contribution in [0.1, 0.15) is 61.1 Å². The van der Waals surface area contributed by atoms with Crippen LogP contribution in [0.3, 0.4) is 0 Å². The van der Waals surface area contributed by atoms with Crippen LogP contribution in [0.4, 0.5) is 5.69 Å². The Hall–Kier alpha value is -2.94. The molecule has 9 nitrogen and oxygen atoms in total. The normalized spacial score (nSPS) is 25.7. The molecular weight excluding hydrogens is 400 g/mol. The van der Waals surface area contributed by atoms with E-state index in [0.29, 0.717) is 31.7 Å². The SMILES string of the molecule is CCn1cc([N+](=O)[O-])c(C(=O)N2CC[C@@]3(O)CCCC[C@H]3[C@@H]2c2ccccc2OC)n1. The van der Waals surface area contributed by atoms with Crippen molar-refractivity contribution < 1.29 is 19.6 Å². The van der Waals surface area contributed by atoms with Gasteiger partial charge in [-0.3, -0.25) is 19.6 Å². The molecule has 1 N–H and O–H groups in total. The number of carbonyl (C=O) groups excluding carboxylic acids is 1. The Labute approximate surface area is 180 Å². The topological polar surface area (TPSA) is 111 Å². The third kappa shape index (κ3) is 3.67. The number of nitro groups is 1. The van der Waals surface area contributed by atoms with Gasteiger partial charge in [-0.2, -0.15) is 5.10 Å². The summed E-state index contributed by atoms with van der Waals surface area (Å²) in [5.41, 5.74) is -0.515. The van der Waals surface area contributed by atoms with Gasteiger partial charge in [0, 0.05) is 24.6 Å². The van der Waals surface area contributed by atoms with Crippen LogP contribution in [0, 0.1) is 16.0 Å². The molecule has 1 amide bonds. The first-order valence-corrected chi connectivity index (χ1v) is 10.8. The van der Waals surface area contributed by atoms with Crippen molar-refractivity contribution in [3.8, 4) is 5.75 Å². The van der Waals surface area contributed by atoms with Crippen LogP contribution < -0.4 is 4.74 Å². The first-order valence-electron chi connectivity index (χ1n) is 10.8. The Kier molecular flexibility index (Phi) is 5.70. The summed E-state index contributed by atoms with van der Waals surface area (Å²) < 4.78 is 6.99. The highest BCUT2D eigenvalue weighted by Crippen LogP contribution is 2.51. The number of carbonyl (C=O) groups is 1. The number of rotatable bonds is 5. The van der Waals surface area contributed by atoms with Crippen molar-refractivity contribution in [1.82, 2.24) is 14.7 Å². The number of aryl methyl sites for hydroxylation is 1. The average molecular weight is 428 g/mol. The quantitative estimate of drug-likeness (QED) is 0.578. The third-order valence-electron chi connectivity index (χ3n) is 6.75. The molecule has 2 aromatic rings. The second-order valence-corrected chi connectivity index (χ2v) is 8.37. The minimum absolute atomic E-state index is 0.159. The molecule has 1 aromatic carbocycles. The summed E-state index contributed by atoms with van der Waals surface area (Å²) in [6, 6.07) is 7.03. The number of aromatic nitrogens is 2. The summed E-state index contributed by atoms with van der Waals surface area (Å²) in [4.78, 5) is 26.3. The van der Waals surface area contributed by atoms with E-state index in [2.05, 4.69) is 5.10 Å². The van der Waals surface area contributed by atoms with Gasteiger partial charge in [-0.1, -0.05) is 31.0 Å². The summed E-state index contributed by atoms with van der Waals surface area (Å²) >= 11 is 0. The molecule has 0 radical (unpaired) electrons. The van der Waals surface area contributed by atoms with Gasteiger partial charge in [-0.05, 0) is 32.3 Å². The molecule has 1 aromatic heterocycles. The second kappa shape index (κ2) is 8.30. The van der Waals surface area contributed by atoms with Crippen LogP contribution in [-0.4, -0.2) is 49.9 Å². The van der Waals surface area contributed by atoms with Gasteiger partial charge in [0.05, 0.1) is 23.7 Å². The van der Waals surface area contributed by atoms with Gasteiger partial charge >= 0.3 is 5.69 Å². The number of nitrogens with zero attached hydrogens (tertiary/aromatic N) is 4. The van der Waals surface area contributed by atoms with Gasteiger partial charge in [0.2, 0.25) is 5.69 Å². The molecule has 166 valence electrons. The number of fused-ring (bicyclic) bond motifs is 1. The molecule has 0 bridgehead atoms. The standard InChI is InChI=1S/C22H28N4O5/c1-3-24-14-17(26(29)30)19(23-24)21(27)25-13-12-22(28)11-7-6-9-16(22)20(25)15-8-4-5-10-18(15)31-2/h4-5,8,10,14,16,20,28H,3,6-7,9,11-13H2,1-2H3/t16-,20-,22-/m0/s1. The zero-order chi connectivity index (χ0) is 22.2. The third-order valence-corrected chi connectivity index (χ3v) is 6.75. The van der Waals surface area contributed by atoms with E-state index in [-0.39, 0.29) is 17.3 Å². The van der Waals surface area contributed by atoms with E-state index in [9.17, 15) is 20.0 Å². The molecule has 1 aliphatic heterocycles. The van der Waals surface area contributed by atoms with Crippen molar-refractivity contribution in [3.63, 3.8) is 0 Å². The number of para-hydroxylation sites is 1. The maximum atomic E-state index is 13.6. The van der Waals surface area contributed by atoms with Crippen LogP contribution in [0.5, 0.6) is 5.75 Å². The Morgan fingerprint density at radius 1 is 1.35 bits per heavy atom. The van der Waals surface area contributed by atoms with Crippen molar-refractivity contribution in [2.45, 2.75) is 57.2 Å². The maximum absolute atomic E-state index is 13.6. The first kappa shape index (κ1) is 21.3. The monoisotopic (exact) mass is 428 g/mol. The van der Waals surface area contributed by atoms with Gasteiger partial charge in [0.15, 0.2) is 0 Å². The van der Waals surface area contributed by atoms with Crippen LogP contribution >= 0.6 is 0 Å². The highest BCUT2D eigenvalue weighted by Gasteiger charge is 2.51. The first-order chi connectivity index (χ1) is 14.9. The number of ether oxygens (including phenoxy) is 1. The van der Waals surface area contributed by atoms with Crippen LogP contribution in [0.25, 0.3) is 0 Å². The summed E-state index contributed by atoms with van der Waals surface area (Å²) in [6.45, 7) is 2.53. The summed E-state index contributed by atoms with van der Waals surface area (Å²) in [6.07, 6.45) is 5.12. The predicted octanol–water partition coefficient (Wildman–Crippen LogP) is 3.33. The van der Waals surface area contributed by atoms with Gasteiger partial charge < -0.3 is 14.7 Å². The number of benzene rings is 1. The van der Waals surface area contributed by atoms with E-state index in [1.165, 1.54) is 10.9 Å². The van der Waals surface area contributed by atoms with E-state index in [4.69, 9.17) is 4.74 Å². The second-order valence-electron chi connectivity index (χ2n) is 8.37. The number of hydrogen-bond acceptors (Lipinski definition) is 6. The number of amides is 1. The Morgan fingerprint density at radius 3 is 2.84 bits per heavy atom. The molecule has 3 atom stereocenters. The van der Waals surface area contributed by atoms with E-state index < -0.39 is 22.5 Å². The van der Waals surface area contributed by atoms with Crippen LogP contribution in [0.2, 0.25) is 0 Å². The smallest absolute Gasteiger partial charge is 0.320 e. The molecule has 9 heteroatoms. The molecule has 1 saturated carbocycles. The Bertz CT molecular complexity index is 990. The lowest BCUT2D eigenvalue weighted by atomic mass is 9.66. The molecular formula is C22H28N4O5. The number of piperidine rings is 1. The molecule has 2 fully saturated rings. The molecule has 0 spiro atoms. The van der Waals surface area contributed by atoms with Crippen molar-refractivity contribution >= 4 is 11.6 Å². The molecule has 2 heterocycles. The molecule has 1 saturated heterocycles. The zero-order valence-electron chi connectivity index (χ0n) is 17.9. The Morgan fingerprint density at radius 2 is 2.13 bits per heavy atom. The van der Waals surface area contributed by atoms with Crippen molar-refractivity contribution in [2.75, 3.05) is 13.7 Å². The lowest BCUT2D eigenvalue weighted by Gasteiger charge is -2.52. The fraction of sp³-hybridized carbons (Fsp3) is 0.545. The lowest BCUT2D eigenvalue weighted by molar-refractivity contribution is -0.385. The highest BCUT2D eigenvalue weighted by atomic mass is 16.6. The summed E-state index contributed by atoms with van der Waals surface area (Å²) in [5.74, 6) is -0.0290. The highest BCUT2D eigenvalue weighted by molar-refractivity contribution is 5.96. The van der Waals surface area contributed by atoms with Crippen LogP contribution in [0.15, 0.2) is 30.5 Å². The zero-order valence-corrected chi connectivity index (χ0v) is 17.9. The lowest BCUT2D eigenvalue weighted by Crippen LogP contribution is -2.56. The van der Waals surface area contributed by atoms with Gasteiger partial charge in [0.1, 0.15) is 11.9 Å². The largest absolute Gasteiger partial charge is 0.496 e. The molecule has 1 aliphatic carbocycles. The van der Waals surface area contributed by atoms with E-state index in [0.717, 1.165) is 24.8 Å².